The number of anilines is 2. The van der Waals surface area contributed by atoms with Crippen LogP contribution in [0, 0.1) is 17.2 Å². The van der Waals surface area contributed by atoms with E-state index in [2.05, 4.69) is 4.72 Å². The molecule has 1 N–H and O–H groups in total. The van der Waals surface area contributed by atoms with E-state index in [0.29, 0.717) is 18.0 Å². The third kappa shape index (κ3) is 4.53. The standard InChI is InChI=1S/C21H25FN2O4S/c1-14(2)12-24-18-11-16(8-9-19(18)28-13-21(3,4)20(24)25)23-29(26,27)17-7-5-6-15(22)10-17/h5-11,14,23H,12-13H2,1-4H3. The summed E-state index contributed by atoms with van der Waals surface area (Å²) in [4.78, 5) is 14.6. The molecule has 8 heteroatoms. The van der Waals surface area contributed by atoms with Crippen LogP contribution in [0.15, 0.2) is 47.4 Å². The molecule has 0 aromatic heterocycles. The van der Waals surface area contributed by atoms with Crippen LogP contribution >= 0.6 is 0 Å². The highest BCUT2D eigenvalue weighted by Gasteiger charge is 2.38. The third-order valence-electron chi connectivity index (χ3n) is 4.57. The Hall–Kier alpha value is -2.61. The van der Waals surface area contributed by atoms with E-state index in [1.807, 2.05) is 27.7 Å². The Morgan fingerprint density at radius 2 is 1.93 bits per heavy atom. The first-order valence-corrected chi connectivity index (χ1v) is 10.8. The minimum atomic E-state index is -3.98. The molecule has 0 aliphatic carbocycles. The average molecular weight is 421 g/mol. The van der Waals surface area contributed by atoms with Gasteiger partial charge in [0.25, 0.3) is 10.0 Å². The fraction of sp³-hybridized carbons (Fsp3) is 0.381. The van der Waals surface area contributed by atoms with E-state index in [1.54, 1.807) is 23.1 Å². The monoisotopic (exact) mass is 420 g/mol. The molecule has 29 heavy (non-hydrogen) atoms. The minimum Gasteiger partial charge on any atom is -0.490 e. The number of fused-ring (bicyclic) bond motifs is 1. The molecule has 0 saturated heterocycles. The maximum absolute atomic E-state index is 13.4. The van der Waals surface area contributed by atoms with Gasteiger partial charge in [0.05, 0.1) is 21.7 Å². The predicted molar refractivity (Wildman–Crippen MR) is 110 cm³/mol. The van der Waals surface area contributed by atoms with Crippen molar-refractivity contribution in [3.8, 4) is 5.75 Å². The van der Waals surface area contributed by atoms with Crippen LogP contribution in [0.4, 0.5) is 15.8 Å². The lowest BCUT2D eigenvalue weighted by Gasteiger charge is -2.29. The first-order chi connectivity index (χ1) is 13.5. The lowest BCUT2D eigenvalue weighted by atomic mass is 9.92. The van der Waals surface area contributed by atoms with Gasteiger partial charge in [-0.15, -0.1) is 0 Å². The van der Waals surface area contributed by atoms with Crippen molar-refractivity contribution < 1.29 is 22.3 Å². The van der Waals surface area contributed by atoms with Gasteiger partial charge in [0.1, 0.15) is 18.2 Å². The molecule has 2 aromatic carbocycles. The predicted octanol–water partition coefficient (Wildman–Crippen LogP) is 4.03. The van der Waals surface area contributed by atoms with E-state index >= 15 is 0 Å². The number of nitrogens with one attached hydrogen (secondary N) is 1. The topological polar surface area (TPSA) is 75.7 Å². The smallest absolute Gasteiger partial charge is 0.261 e. The summed E-state index contributed by atoms with van der Waals surface area (Å²) >= 11 is 0. The molecular weight excluding hydrogens is 395 g/mol. The van der Waals surface area contributed by atoms with Crippen LogP contribution in [0.2, 0.25) is 0 Å². The van der Waals surface area contributed by atoms with Crippen LogP contribution in [0.3, 0.4) is 0 Å². The molecule has 1 aliphatic heterocycles. The summed E-state index contributed by atoms with van der Waals surface area (Å²) in [5, 5.41) is 0. The molecule has 0 atom stereocenters. The summed E-state index contributed by atoms with van der Waals surface area (Å²) < 4.78 is 47.0. The van der Waals surface area contributed by atoms with Gasteiger partial charge in [0.2, 0.25) is 5.91 Å². The van der Waals surface area contributed by atoms with Crippen molar-refractivity contribution in [3.63, 3.8) is 0 Å². The Labute approximate surface area is 170 Å². The van der Waals surface area contributed by atoms with E-state index in [1.165, 1.54) is 18.2 Å². The number of nitrogens with zero attached hydrogens (tertiary/aromatic N) is 1. The van der Waals surface area contributed by atoms with E-state index < -0.39 is 21.3 Å². The van der Waals surface area contributed by atoms with Gasteiger partial charge >= 0.3 is 0 Å². The van der Waals surface area contributed by atoms with Crippen molar-refractivity contribution in [2.45, 2.75) is 32.6 Å². The molecule has 0 spiro atoms. The van der Waals surface area contributed by atoms with Crippen molar-refractivity contribution in [1.82, 2.24) is 0 Å². The van der Waals surface area contributed by atoms with E-state index in [9.17, 15) is 17.6 Å². The maximum Gasteiger partial charge on any atom is 0.261 e. The Balaban J connectivity index is 2.00. The number of carbonyl (C=O) groups is 1. The SMILES string of the molecule is CC(C)CN1C(=O)C(C)(C)COc2ccc(NS(=O)(=O)c3cccc(F)c3)cc21. The van der Waals surface area contributed by atoms with E-state index in [4.69, 9.17) is 4.74 Å². The van der Waals surface area contributed by atoms with Crippen molar-refractivity contribution in [3.05, 3.63) is 48.3 Å². The number of hydrogen-bond acceptors (Lipinski definition) is 4. The summed E-state index contributed by atoms with van der Waals surface area (Å²) in [6.07, 6.45) is 0. The summed E-state index contributed by atoms with van der Waals surface area (Å²) in [5.74, 6) is -0.0131. The van der Waals surface area contributed by atoms with Crippen molar-refractivity contribution in [1.29, 1.82) is 0 Å². The number of sulfonamides is 1. The van der Waals surface area contributed by atoms with Crippen LogP contribution in [0.25, 0.3) is 0 Å². The first-order valence-electron chi connectivity index (χ1n) is 9.37. The molecule has 1 heterocycles. The lowest BCUT2D eigenvalue weighted by molar-refractivity contribution is -0.127. The summed E-state index contributed by atoms with van der Waals surface area (Å²) in [6, 6.07) is 9.55. The third-order valence-corrected chi connectivity index (χ3v) is 5.95. The molecule has 0 saturated carbocycles. The number of hydrogen-bond donors (Lipinski definition) is 1. The van der Waals surface area contributed by atoms with Crippen molar-refractivity contribution >= 4 is 27.3 Å². The van der Waals surface area contributed by atoms with Crippen LogP contribution in [-0.2, 0) is 14.8 Å². The van der Waals surface area contributed by atoms with Crippen molar-refractivity contribution in [2.24, 2.45) is 11.3 Å². The number of benzene rings is 2. The van der Waals surface area contributed by atoms with Crippen LogP contribution in [0.5, 0.6) is 5.75 Å². The maximum atomic E-state index is 13.4. The Morgan fingerprint density at radius 3 is 2.59 bits per heavy atom. The lowest BCUT2D eigenvalue weighted by Crippen LogP contribution is -2.43. The fourth-order valence-electron chi connectivity index (χ4n) is 3.10. The van der Waals surface area contributed by atoms with Crippen LogP contribution in [-0.4, -0.2) is 27.5 Å². The van der Waals surface area contributed by atoms with Gasteiger partial charge in [-0.05, 0) is 56.2 Å². The zero-order chi connectivity index (χ0) is 21.4. The van der Waals surface area contributed by atoms with Gasteiger partial charge in [-0.3, -0.25) is 9.52 Å². The van der Waals surface area contributed by atoms with Gasteiger partial charge in [-0.25, -0.2) is 12.8 Å². The Kier molecular flexibility index (Phi) is 5.58. The van der Waals surface area contributed by atoms with Gasteiger partial charge in [0.15, 0.2) is 0 Å². The summed E-state index contributed by atoms with van der Waals surface area (Å²) in [5.41, 5.74) is 0.0568. The fourth-order valence-corrected chi connectivity index (χ4v) is 4.18. The molecule has 0 unspecified atom stereocenters. The second kappa shape index (κ2) is 7.67. The Bertz CT molecular complexity index is 1030. The molecule has 1 amide bonds. The van der Waals surface area contributed by atoms with Crippen LogP contribution < -0.4 is 14.4 Å². The normalized spacial score (nSPS) is 16.2. The molecule has 2 aromatic rings. The molecule has 0 bridgehead atoms. The van der Waals surface area contributed by atoms with Gasteiger partial charge in [-0.1, -0.05) is 19.9 Å². The second-order valence-electron chi connectivity index (χ2n) is 8.23. The Morgan fingerprint density at radius 1 is 1.21 bits per heavy atom. The summed E-state index contributed by atoms with van der Waals surface area (Å²) in [7, 11) is -3.98. The van der Waals surface area contributed by atoms with Gasteiger partial charge in [0, 0.05) is 6.54 Å². The highest BCUT2D eigenvalue weighted by atomic mass is 32.2. The number of ether oxygens (including phenoxy) is 1. The number of halogens is 1. The molecule has 156 valence electrons. The second-order valence-corrected chi connectivity index (χ2v) is 9.91. The number of carbonyl (C=O) groups excluding carboxylic acids is 1. The molecular formula is C21H25FN2O4S. The number of amides is 1. The highest BCUT2D eigenvalue weighted by molar-refractivity contribution is 7.92. The van der Waals surface area contributed by atoms with E-state index in [0.717, 1.165) is 6.07 Å². The van der Waals surface area contributed by atoms with Gasteiger partial charge < -0.3 is 9.64 Å². The van der Waals surface area contributed by atoms with E-state index in [-0.39, 0.29) is 29.0 Å². The largest absolute Gasteiger partial charge is 0.490 e. The molecule has 1 aliphatic rings. The molecule has 0 fully saturated rings. The zero-order valence-electron chi connectivity index (χ0n) is 16.9. The van der Waals surface area contributed by atoms with Gasteiger partial charge in [-0.2, -0.15) is 0 Å². The van der Waals surface area contributed by atoms with Crippen LogP contribution in [0.1, 0.15) is 27.7 Å². The number of rotatable bonds is 5. The highest BCUT2D eigenvalue weighted by Crippen LogP contribution is 2.39. The van der Waals surface area contributed by atoms with Crippen molar-refractivity contribution in [2.75, 3.05) is 22.8 Å². The average Bonchev–Trinajstić information content (AvgIpc) is 2.72. The molecule has 6 nitrogen and oxygen atoms in total. The zero-order valence-corrected chi connectivity index (χ0v) is 17.7. The molecule has 0 radical (unpaired) electrons. The first kappa shape index (κ1) is 21.1. The minimum absolute atomic E-state index is 0.0879. The molecule has 3 rings (SSSR count). The summed E-state index contributed by atoms with van der Waals surface area (Å²) in [6.45, 7) is 8.34. The quantitative estimate of drug-likeness (QED) is 0.792.